The van der Waals surface area contributed by atoms with Crippen LogP contribution in [-0.4, -0.2) is 48.9 Å². The number of halogens is 13. The Morgan fingerprint density at radius 3 is 1.62 bits per heavy atom. The van der Waals surface area contributed by atoms with Crippen LogP contribution in [0.3, 0.4) is 0 Å². The first kappa shape index (κ1) is 29.8. The SMILES string of the molecule is COC(C)(CC(F)(F)C(F)(F)C(F)(F)C(F)(F)C(F)(F)C(F)(F)F)c1ccccc1OC(C)=O. The molecule has 0 bridgehead atoms. The lowest BCUT2D eigenvalue weighted by molar-refractivity contribution is -0.441. The van der Waals surface area contributed by atoms with Crippen molar-refractivity contribution < 1.29 is 71.3 Å². The summed E-state index contributed by atoms with van der Waals surface area (Å²) in [6.07, 6.45) is -10.1. The first-order chi connectivity index (χ1) is 14.9. The van der Waals surface area contributed by atoms with Crippen molar-refractivity contribution >= 4 is 5.97 Å². The fraction of sp³-hybridized carbons (Fsp3) is 0.611. The third-order valence-corrected chi connectivity index (χ3v) is 4.72. The highest BCUT2D eigenvalue weighted by Gasteiger charge is 2.90. The Morgan fingerprint density at radius 2 is 1.21 bits per heavy atom. The second-order valence-electron chi connectivity index (χ2n) is 7.20. The van der Waals surface area contributed by atoms with Crippen LogP contribution in [0.4, 0.5) is 57.1 Å². The summed E-state index contributed by atoms with van der Waals surface area (Å²) in [5.41, 5.74) is -3.50. The van der Waals surface area contributed by atoms with E-state index in [1.165, 1.54) is 0 Å². The average Bonchev–Trinajstić information content (AvgIpc) is 2.65. The normalized spacial score (nSPS) is 16.2. The summed E-state index contributed by atoms with van der Waals surface area (Å²) < 4.78 is 183. The van der Waals surface area contributed by atoms with Crippen LogP contribution in [0, 0.1) is 0 Å². The average molecular weight is 526 g/mol. The molecule has 34 heavy (non-hydrogen) atoms. The van der Waals surface area contributed by atoms with Crippen molar-refractivity contribution in [1.29, 1.82) is 0 Å². The predicted octanol–water partition coefficient (Wildman–Crippen LogP) is 6.60. The Kier molecular flexibility index (Phi) is 7.66. The maximum atomic E-state index is 14.4. The summed E-state index contributed by atoms with van der Waals surface area (Å²) in [5, 5.41) is 0. The molecule has 0 radical (unpaired) electrons. The summed E-state index contributed by atoms with van der Waals surface area (Å²) in [7, 11) is 0.573. The summed E-state index contributed by atoms with van der Waals surface area (Å²) >= 11 is 0. The fourth-order valence-electron chi connectivity index (χ4n) is 2.76. The van der Waals surface area contributed by atoms with Gasteiger partial charge in [-0.05, 0) is 13.0 Å². The van der Waals surface area contributed by atoms with E-state index in [0.717, 1.165) is 31.2 Å². The maximum absolute atomic E-state index is 14.4. The molecule has 0 aromatic heterocycles. The summed E-state index contributed by atoms with van der Waals surface area (Å²) in [5.74, 6) is -39.2. The van der Waals surface area contributed by atoms with E-state index >= 15 is 0 Å². The highest BCUT2D eigenvalue weighted by atomic mass is 19.4. The molecule has 0 aliphatic carbocycles. The van der Waals surface area contributed by atoms with Gasteiger partial charge in [0.25, 0.3) is 0 Å². The molecule has 0 saturated heterocycles. The van der Waals surface area contributed by atoms with Crippen LogP contribution in [0.25, 0.3) is 0 Å². The highest BCUT2D eigenvalue weighted by Crippen LogP contribution is 2.61. The molecule has 3 nitrogen and oxygen atoms in total. The van der Waals surface area contributed by atoms with E-state index in [9.17, 15) is 61.9 Å². The first-order valence-corrected chi connectivity index (χ1v) is 8.72. The zero-order valence-electron chi connectivity index (χ0n) is 17.2. The van der Waals surface area contributed by atoms with Crippen LogP contribution in [0.1, 0.15) is 25.8 Å². The number of benzene rings is 1. The van der Waals surface area contributed by atoms with Gasteiger partial charge in [-0.3, -0.25) is 4.79 Å². The summed E-state index contributed by atoms with van der Waals surface area (Å²) in [4.78, 5) is 11.2. The first-order valence-electron chi connectivity index (χ1n) is 8.72. The minimum atomic E-state index is -8.00. The van der Waals surface area contributed by atoms with E-state index in [2.05, 4.69) is 9.47 Å². The lowest BCUT2D eigenvalue weighted by Gasteiger charge is -2.42. The quantitative estimate of drug-likeness (QED) is 0.207. The number of rotatable bonds is 9. The van der Waals surface area contributed by atoms with Crippen LogP contribution in [0.5, 0.6) is 5.75 Å². The molecule has 0 amide bonds. The molecule has 0 aliphatic rings. The van der Waals surface area contributed by atoms with Gasteiger partial charge in [0.2, 0.25) is 0 Å². The third kappa shape index (κ3) is 4.64. The van der Waals surface area contributed by atoms with E-state index in [4.69, 9.17) is 0 Å². The molecule has 0 fully saturated rings. The lowest BCUT2D eigenvalue weighted by Crippen LogP contribution is -2.70. The van der Waals surface area contributed by atoms with Gasteiger partial charge in [-0.15, -0.1) is 0 Å². The van der Waals surface area contributed by atoms with E-state index < -0.39 is 65.1 Å². The second-order valence-corrected chi connectivity index (χ2v) is 7.20. The molecule has 1 unspecified atom stereocenters. The van der Waals surface area contributed by atoms with Crippen molar-refractivity contribution in [2.45, 2.75) is 61.7 Å². The van der Waals surface area contributed by atoms with Crippen molar-refractivity contribution in [3.63, 3.8) is 0 Å². The molecule has 0 N–H and O–H groups in total. The molecule has 16 heteroatoms. The number of carbonyl (C=O) groups is 1. The molecule has 0 saturated carbocycles. The number of hydrogen-bond acceptors (Lipinski definition) is 3. The Morgan fingerprint density at radius 1 is 0.765 bits per heavy atom. The minimum absolute atomic E-state index is 0.542. The Balaban J connectivity index is 3.59. The zero-order chi connectivity index (χ0) is 27.2. The molecule has 0 spiro atoms. The van der Waals surface area contributed by atoms with Crippen molar-refractivity contribution in [3.05, 3.63) is 29.8 Å². The molecular weight excluding hydrogens is 511 g/mol. The second kappa shape index (κ2) is 8.75. The van der Waals surface area contributed by atoms with Gasteiger partial charge in [-0.25, -0.2) is 0 Å². The van der Waals surface area contributed by atoms with Crippen LogP contribution < -0.4 is 4.74 Å². The van der Waals surface area contributed by atoms with Gasteiger partial charge in [-0.1, -0.05) is 18.2 Å². The van der Waals surface area contributed by atoms with E-state index in [0.29, 0.717) is 14.0 Å². The number of ether oxygens (including phenoxy) is 2. The van der Waals surface area contributed by atoms with Crippen LogP contribution in [0.15, 0.2) is 24.3 Å². The molecule has 0 aliphatic heterocycles. The van der Waals surface area contributed by atoms with Gasteiger partial charge in [-0.2, -0.15) is 57.1 Å². The topological polar surface area (TPSA) is 35.5 Å². The van der Waals surface area contributed by atoms with Gasteiger partial charge in [0.05, 0.1) is 12.0 Å². The van der Waals surface area contributed by atoms with Gasteiger partial charge in [0.15, 0.2) is 0 Å². The van der Waals surface area contributed by atoms with Crippen molar-refractivity contribution in [3.8, 4) is 5.75 Å². The molecule has 0 heterocycles. The molecule has 1 aromatic carbocycles. The minimum Gasteiger partial charge on any atom is -0.426 e. The number of carbonyl (C=O) groups excluding carboxylic acids is 1. The van der Waals surface area contributed by atoms with Gasteiger partial charge < -0.3 is 9.47 Å². The number of esters is 1. The monoisotopic (exact) mass is 526 g/mol. The molecular formula is C18H15F13O3. The molecule has 1 aromatic rings. The molecule has 196 valence electrons. The van der Waals surface area contributed by atoms with Crippen molar-refractivity contribution in [1.82, 2.24) is 0 Å². The predicted molar refractivity (Wildman–Crippen MR) is 87.5 cm³/mol. The number of hydrogen-bond donors (Lipinski definition) is 0. The van der Waals surface area contributed by atoms with Gasteiger partial charge >= 0.3 is 41.8 Å². The lowest BCUT2D eigenvalue weighted by atomic mass is 9.83. The largest absolute Gasteiger partial charge is 0.460 e. The third-order valence-electron chi connectivity index (χ3n) is 4.72. The number of alkyl halides is 13. The molecule has 1 rings (SSSR count). The Hall–Kier alpha value is -2.26. The van der Waals surface area contributed by atoms with Crippen LogP contribution in [-0.2, 0) is 15.1 Å². The van der Waals surface area contributed by atoms with E-state index in [1.54, 1.807) is 0 Å². The van der Waals surface area contributed by atoms with Crippen LogP contribution in [0.2, 0.25) is 0 Å². The zero-order valence-corrected chi connectivity index (χ0v) is 17.2. The van der Waals surface area contributed by atoms with E-state index in [-0.39, 0.29) is 0 Å². The van der Waals surface area contributed by atoms with Gasteiger partial charge in [0.1, 0.15) is 5.75 Å². The van der Waals surface area contributed by atoms with Crippen molar-refractivity contribution in [2.75, 3.05) is 7.11 Å². The summed E-state index contributed by atoms with van der Waals surface area (Å²) in [6, 6.07) is 3.97. The Labute approximate surface area is 182 Å². The van der Waals surface area contributed by atoms with Crippen molar-refractivity contribution in [2.24, 2.45) is 0 Å². The Bertz CT molecular complexity index is 895. The van der Waals surface area contributed by atoms with Gasteiger partial charge in [0, 0.05) is 19.6 Å². The number of para-hydroxylation sites is 1. The number of methoxy groups -OCH3 is 1. The highest BCUT2D eigenvalue weighted by molar-refractivity contribution is 5.70. The van der Waals surface area contributed by atoms with Crippen LogP contribution >= 0.6 is 0 Å². The summed E-state index contributed by atoms with van der Waals surface area (Å²) in [6.45, 7) is 1.37. The fourth-order valence-corrected chi connectivity index (χ4v) is 2.76. The standard InChI is InChI=1S/C18H15F13O3/c1-9(32)34-11-7-5-4-6-10(11)12(2,33-3)8-13(19,20)14(21,22)15(23,24)16(25,26)17(27,28)18(29,30)31/h4-7H,8H2,1-3H3. The maximum Gasteiger partial charge on any atom is 0.460 e. The van der Waals surface area contributed by atoms with E-state index in [1.807, 2.05) is 0 Å². The smallest absolute Gasteiger partial charge is 0.426 e. The molecule has 1 atom stereocenters.